The van der Waals surface area contributed by atoms with Crippen LogP contribution in [0, 0.1) is 11.8 Å². The summed E-state index contributed by atoms with van der Waals surface area (Å²) >= 11 is 0. The zero-order valence-corrected chi connectivity index (χ0v) is 10.7. The fourth-order valence-corrected chi connectivity index (χ4v) is 2.79. The van der Waals surface area contributed by atoms with E-state index in [-0.39, 0.29) is 5.91 Å². The Balaban J connectivity index is 2.22. The Morgan fingerprint density at radius 1 is 1.19 bits per heavy atom. The zero-order valence-electron chi connectivity index (χ0n) is 10.7. The minimum atomic E-state index is 0.208. The number of nitrogens with two attached hydrogens (primary N) is 1. The van der Waals surface area contributed by atoms with Gasteiger partial charge in [-0.1, -0.05) is 13.8 Å². The summed E-state index contributed by atoms with van der Waals surface area (Å²) in [6.07, 6.45) is 6.10. The van der Waals surface area contributed by atoms with Gasteiger partial charge in [-0.25, -0.2) is 0 Å². The number of hydrogen-bond donors (Lipinski definition) is 2. The molecular weight excluding hydrogens is 200 g/mol. The summed E-state index contributed by atoms with van der Waals surface area (Å²) in [5, 5.41) is 3.16. The standard InChI is InChI=1S/C13H26N2O/c1-10-7-11(2)9-12(8-10)15-13(16)5-3-4-6-14/h10-12H,3-9,14H2,1-2H3,(H,15,16). The van der Waals surface area contributed by atoms with Crippen molar-refractivity contribution >= 4 is 5.91 Å². The van der Waals surface area contributed by atoms with Gasteiger partial charge in [0.1, 0.15) is 0 Å². The van der Waals surface area contributed by atoms with E-state index in [2.05, 4.69) is 19.2 Å². The third kappa shape index (κ3) is 4.97. The molecule has 16 heavy (non-hydrogen) atoms. The van der Waals surface area contributed by atoms with Crippen LogP contribution >= 0.6 is 0 Å². The van der Waals surface area contributed by atoms with Gasteiger partial charge in [0, 0.05) is 12.5 Å². The van der Waals surface area contributed by atoms with E-state index >= 15 is 0 Å². The largest absolute Gasteiger partial charge is 0.353 e. The number of hydrogen-bond acceptors (Lipinski definition) is 2. The molecule has 2 atom stereocenters. The lowest BCUT2D eigenvalue weighted by Gasteiger charge is -2.32. The number of unbranched alkanes of at least 4 members (excludes halogenated alkanes) is 1. The predicted molar refractivity (Wildman–Crippen MR) is 67.0 cm³/mol. The SMILES string of the molecule is CC1CC(C)CC(NC(=O)CCCCN)C1. The Labute approximate surface area is 99.2 Å². The van der Waals surface area contributed by atoms with Crippen LogP contribution in [0.25, 0.3) is 0 Å². The van der Waals surface area contributed by atoms with Gasteiger partial charge in [0.15, 0.2) is 0 Å². The molecule has 0 saturated heterocycles. The maximum Gasteiger partial charge on any atom is 0.220 e. The van der Waals surface area contributed by atoms with E-state index < -0.39 is 0 Å². The average molecular weight is 226 g/mol. The molecule has 0 aromatic rings. The normalized spacial score (nSPS) is 30.1. The van der Waals surface area contributed by atoms with Crippen LogP contribution in [0.1, 0.15) is 52.4 Å². The Bertz CT molecular complexity index is 208. The summed E-state index contributed by atoms with van der Waals surface area (Å²) < 4.78 is 0. The quantitative estimate of drug-likeness (QED) is 0.705. The second-order valence-corrected chi connectivity index (χ2v) is 5.43. The Hall–Kier alpha value is -0.570. The molecule has 1 aliphatic carbocycles. The number of nitrogens with one attached hydrogen (secondary N) is 1. The molecule has 3 nitrogen and oxygen atoms in total. The topological polar surface area (TPSA) is 55.1 Å². The van der Waals surface area contributed by atoms with Crippen molar-refractivity contribution in [3.8, 4) is 0 Å². The van der Waals surface area contributed by atoms with Crippen molar-refractivity contribution in [2.24, 2.45) is 17.6 Å². The number of amides is 1. The van der Waals surface area contributed by atoms with E-state index in [1.54, 1.807) is 0 Å². The van der Waals surface area contributed by atoms with Gasteiger partial charge < -0.3 is 11.1 Å². The molecule has 0 heterocycles. The molecule has 0 spiro atoms. The third-order valence-corrected chi connectivity index (χ3v) is 3.40. The van der Waals surface area contributed by atoms with Crippen LogP contribution in [0.3, 0.4) is 0 Å². The molecule has 1 saturated carbocycles. The maximum atomic E-state index is 11.6. The molecule has 94 valence electrons. The van der Waals surface area contributed by atoms with Crippen LogP contribution in [0.2, 0.25) is 0 Å². The lowest BCUT2D eigenvalue weighted by atomic mass is 9.80. The van der Waals surface area contributed by atoms with Gasteiger partial charge in [0.05, 0.1) is 0 Å². The van der Waals surface area contributed by atoms with Crippen LogP contribution in [0.4, 0.5) is 0 Å². The minimum absolute atomic E-state index is 0.208. The molecule has 0 radical (unpaired) electrons. The van der Waals surface area contributed by atoms with Gasteiger partial charge in [-0.15, -0.1) is 0 Å². The van der Waals surface area contributed by atoms with Crippen molar-refractivity contribution in [2.75, 3.05) is 6.54 Å². The molecule has 3 N–H and O–H groups in total. The van der Waals surface area contributed by atoms with Gasteiger partial charge in [-0.3, -0.25) is 4.79 Å². The van der Waals surface area contributed by atoms with Crippen LogP contribution in [0.5, 0.6) is 0 Å². The molecule has 0 aromatic carbocycles. The van der Waals surface area contributed by atoms with Crippen LogP contribution in [0.15, 0.2) is 0 Å². The summed E-state index contributed by atoms with van der Waals surface area (Å²) in [5.74, 6) is 1.70. The van der Waals surface area contributed by atoms with Crippen LogP contribution < -0.4 is 11.1 Å². The average Bonchev–Trinajstić information content (AvgIpc) is 2.16. The number of carbonyl (C=O) groups is 1. The molecule has 1 rings (SSSR count). The van der Waals surface area contributed by atoms with Crippen molar-refractivity contribution in [3.63, 3.8) is 0 Å². The highest BCUT2D eigenvalue weighted by atomic mass is 16.1. The lowest BCUT2D eigenvalue weighted by molar-refractivity contribution is -0.122. The summed E-state index contributed by atoms with van der Waals surface area (Å²) in [6, 6.07) is 0.407. The fourth-order valence-electron chi connectivity index (χ4n) is 2.79. The molecule has 0 aromatic heterocycles. The smallest absolute Gasteiger partial charge is 0.220 e. The molecule has 3 heteroatoms. The van der Waals surface area contributed by atoms with Gasteiger partial charge in [0.2, 0.25) is 5.91 Å². The number of rotatable bonds is 5. The van der Waals surface area contributed by atoms with E-state index in [9.17, 15) is 4.79 Å². The molecular formula is C13H26N2O. The van der Waals surface area contributed by atoms with Gasteiger partial charge in [-0.2, -0.15) is 0 Å². The minimum Gasteiger partial charge on any atom is -0.353 e. The van der Waals surface area contributed by atoms with Crippen LogP contribution in [-0.4, -0.2) is 18.5 Å². The lowest BCUT2D eigenvalue weighted by Crippen LogP contribution is -2.39. The van der Waals surface area contributed by atoms with Gasteiger partial charge in [0.25, 0.3) is 0 Å². The highest BCUT2D eigenvalue weighted by Gasteiger charge is 2.24. The van der Waals surface area contributed by atoms with E-state index in [1.165, 1.54) is 6.42 Å². The fraction of sp³-hybridized carbons (Fsp3) is 0.923. The Morgan fingerprint density at radius 3 is 2.38 bits per heavy atom. The van der Waals surface area contributed by atoms with Crippen molar-refractivity contribution in [3.05, 3.63) is 0 Å². The molecule has 2 unspecified atom stereocenters. The zero-order chi connectivity index (χ0) is 12.0. The van der Waals surface area contributed by atoms with Crippen molar-refractivity contribution < 1.29 is 4.79 Å². The van der Waals surface area contributed by atoms with Crippen molar-refractivity contribution in [1.82, 2.24) is 5.32 Å². The first-order chi connectivity index (χ1) is 7.61. The van der Waals surface area contributed by atoms with Crippen molar-refractivity contribution in [2.45, 2.75) is 58.4 Å². The predicted octanol–water partition coefficient (Wildman–Crippen LogP) is 2.06. The summed E-state index contributed by atoms with van der Waals surface area (Å²) in [5.41, 5.74) is 5.40. The monoisotopic (exact) mass is 226 g/mol. The third-order valence-electron chi connectivity index (χ3n) is 3.40. The van der Waals surface area contributed by atoms with E-state index in [0.29, 0.717) is 19.0 Å². The van der Waals surface area contributed by atoms with Gasteiger partial charge in [-0.05, 0) is 50.5 Å². The number of carbonyl (C=O) groups excluding carboxylic acids is 1. The summed E-state index contributed by atoms with van der Waals surface area (Å²) in [4.78, 5) is 11.6. The second-order valence-electron chi connectivity index (χ2n) is 5.43. The highest BCUT2D eigenvalue weighted by Crippen LogP contribution is 2.28. The first-order valence-corrected chi connectivity index (χ1v) is 6.61. The summed E-state index contributed by atoms with van der Waals surface area (Å²) in [7, 11) is 0. The first kappa shape index (κ1) is 13.5. The molecule has 1 aliphatic rings. The second kappa shape index (κ2) is 6.89. The van der Waals surface area contributed by atoms with E-state index in [4.69, 9.17) is 5.73 Å². The van der Waals surface area contributed by atoms with Gasteiger partial charge >= 0.3 is 0 Å². The highest BCUT2D eigenvalue weighted by molar-refractivity contribution is 5.76. The first-order valence-electron chi connectivity index (χ1n) is 6.61. The molecule has 1 fully saturated rings. The Morgan fingerprint density at radius 2 is 1.81 bits per heavy atom. The molecule has 1 amide bonds. The van der Waals surface area contributed by atoms with Crippen LogP contribution in [-0.2, 0) is 4.79 Å². The molecule has 0 bridgehead atoms. The van der Waals surface area contributed by atoms with E-state index in [1.807, 2.05) is 0 Å². The van der Waals surface area contributed by atoms with Crippen molar-refractivity contribution in [1.29, 1.82) is 0 Å². The van der Waals surface area contributed by atoms with E-state index in [0.717, 1.165) is 37.5 Å². The Kier molecular flexibility index (Phi) is 5.81. The molecule has 0 aliphatic heterocycles. The summed E-state index contributed by atoms with van der Waals surface area (Å²) in [6.45, 7) is 5.25. The maximum absolute atomic E-state index is 11.6.